The van der Waals surface area contributed by atoms with Crippen LogP contribution in [0, 0.1) is 0 Å². The highest BCUT2D eigenvalue weighted by Gasteiger charge is 2.11. The molecular weight excluding hydrogens is 478 g/mol. The fourth-order valence-electron chi connectivity index (χ4n) is 4.53. The summed E-state index contributed by atoms with van der Waals surface area (Å²) in [5, 5.41) is 11.0. The van der Waals surface area contributed by atoms with E-state index in [1.54, 1.807) is 0 Å². The van der Waals surface area contributed by atoms with Crippen molar-refractivity contribution in [2.45, 2.75) is 168 Å². The summed E-state index contributed by atoms with van der Waals surface area (Å²) in [6.07, 6.45) is 29.3. The van der Waals surface area contributed by atoms with E-state index in [-0.39, 0.29) is 24.5 Å². The summed E-state index contributed by atoms with van der Waals surface area (Å²) >= 11 is 0. The number of amides is 1. The van der Waals surface area contributed by atoms with Crippen LogP contribution in [-0.2, 0) is 19.1 Å². The van der Waals surface area contributed by atoms with Gasteiger partial charge >= 0.3 is 11.9 Å². The lowest BCUT2D eigenvalue weighted by Crippen LogP contribution is -2.28. The first kappa shape index (κ1) is 36.1. The van der Waals surface area contributed by atoms with Crippen molar-refractivity contribution >= 4 is 17.8 Å². The van der Waals surface area contributed by atoms with Gasteiger partial charge in [0.05, 0.1) is 0 Å². The van der Waals surface area contributed by atoms with Gasteiger partial charge in [-0.3, -0.25) is 14.4 Å². The summed E-state index contributed by atoms with van der Waals surface area (Å²) in [6.45, 7) is 4.11. The fourth-order valence-corrected chi connectivity index (χ4v) is 4.53. The zero-order valence-electron chi connectivity index (χ0n) is 24.8. The van der Waals surface area contributed by atoms with E-state index in [9.17, 15) is 14.4 Å². The number of ether oxygens (including phenoxy) is 1. The number of hydrogen-bond donors (Lipinski definition) is 2. The van der Waals surface area contributed by atoms with E-state index < -0.39 is 5.97 Å². The third-order valence-corrected chi connectivity index (χ3v) is 6.92. The van der Waals surface area contributed by atoms with Crippen LogP contribution in [0.2, 0.25) is 0 Å². The molecule has 0 heterocycles. The van der Waals surface area contributed by atoms with Gasteiger partial charge in [-0.05, 0) is 38.2 Å². The van der Waals surface area contributed by atoms with Gasteiger partial charge in [-0.15, -0.1) is 0 Å². The molecule has 2 N–H and O–H groups in total. The molecule has 0 bridgehead atoms. The average Bonchev–Trinajstić information content (AvgIpc) is 2.89. The van der Waals surface area contributed by atoms with Gasteiger partial charge in [0.25, 0.3) is 0 Å². The standard InChI is InChI=1S/C32H59NO5/c1-3-5-7-9-10-11-12-13-14-15-16-17-23-27-32(37)38-29(24-20-8-6-4-2)25-21-18-19-22-26-30(34)33-28-31(35)36/h20,24,29H,3-19,21-23,25-28H2,1-2H3,(H,33,34)(H,35,36)/b24-20-. The second-order valence-corrected chi connectivity index (χ2v) is 10.7. The van der Waals surface area contributed by atoms with E-state index in [4.69, 9.17) is 9.84 Å². The smallest absolute Gasteiger partial charge is 0.322 e. The number of carbonyl (C=O) groups is 3. The molecule has 0 aromatic rings. The molecular formula is C32H59NO5. The van der Waals surface area contributed by atoms with Crippen molar-refractivity contribution in [2.24, 2.45) is 0 Å². The lowest BCUT2D eigenvalue weighted by Gasteiger charge is -2.15. The monoisotopic (exact) mass is 537 g/mol. The number of unbranched alkanes of at least 4 members (excludes halogenated alkanes) is 17. The molecule has 0 aliphatic heterocycles. The molecule has 1 unspecified atom stereocenters. The molecule has 0 aliphatic carbocycles. The molecule has 0 saturated carbocycles. The van der Waals surface area contributed by atoms with Crippen LogP contribution in [0.25, 0.3) is 0 Å². The van der Waals surface area contributed by atoms with Gasteiger partial charge in [-0.2, -0.15) is 0 Å². The van der Waals surface area contributed by atoms with E-state index in [2.05, 4.69) is 31.3 Å². The van der Waals surface area contributed by atoms with Crippen molar-refractivity contribution < 1.29 is 24.2 Å². The second kappa shape index (κ2) is 28.2. The summed E-state index contributed by atoms with van der Waals surface area (Å²) < 4.78 is 5.79. The third kappa shape index (κ3) is 27.2. The van der Waals surface area contributed by atoms with Crippen molar-refractivity contribution in [1.82, 2.24) is 5.32 Å². The largest absolute Gasteiger partial charge is 0.480 e. The molecule has 1 amide bonds. The number of carbonyl (C=O) groups excluding carboxylic acids is 2. The van der Waals surface area contributed by atoms with Gasteiger partial charge < -0.3 is 15.2 Å². The predicted molar refractivity (Wildman–Crippen MR) is 157 cm³/mol. The van der Waals surface area contributed by atoms with Crippen LogP contribution in [0.1, 0.15) is 162 Å². The van der Waals surface area contributed by atoms with Gasteiger partial charge in [0.2, 0.25) is 5.91 Å². The minimum Gasteiger partial charge on any atom is -0.480 e. The minimum atomic E-state index is -1.03. The first-order valence-corrected chi connectivity index (χ1v) is 15.8. The first-order valence-electron chi connectivity index (χ1n) is 15.8. The van der Waals surface area contributed by atoms with Gasteiger partial charge in [-0.1, -0.05) is 123 Å². The van der Waals surface area contributed by atoms with Crippen molar-refractivity contribution in [2.75, 3.05) is 6.54 Å². The van der Waals surface area contributed by atoms with Crippen LogP contribution < -0.4 is 5.32 Å². The molecule has 0 aromatic carbocycles. The minimum absolute atomic E-state index is 0.0895. The maximum Gasteiger partial charge on any atom is 0.322 e. The Kier molecular flexibility index (Phi) is 26.8. The van der Waals surface area contributed by atoms with E-state index in [0.717, 1.165) is 64.2 Å². The maximum atomic E-state index is 12.4. The van der Waals surface area contributed by atoms with E-state index >= 15 is 0 Å². The number of carboxylic acid groups (broad SMARTS) is 1. The second-order valence-electron chi connectivity index (χ2n) is 10.7. The van der Waals surface area contributed by atoms with E-state index in [0.29, 0.717) is 12.8 Å². The fraction of sp³-hybridized carbons (Fsp3) is 0.844. The Morgan fingerprint density at radius 3 is 1.74 bits per heavy atom. The topological polar surface area (TPSA) is 92.7 Å². The average molecular weight is 538 g/mol. The van der Waals surface area contributed by atoms with Crippen molar-refractivity contribution in [3.63, 3.8) is 0 Å². The lowest BCUT2D eigenvalue weighted by atomic mass is 10.0. The molecule has 0 fully saturated rings. The molecule has 0 rings (SSSR count). The van der Waals surface area contributed by atoms with Crippen LogP contribution in [0.15, 0.2) is 12.2 Å². The lowest BCUT2D eigenvalue weighted by molar-refractivity contribution is -0.147. The SMILES string of the molecule is CCCC/C=C\C(CCCCCCC(=O)NCC(=O)O)OC(=O)CCCCCCCCCCCCCCC. The number of esters is 1. The summed E-state index contributed by atoms with van der Waals surface area (Å²) in [6, 6.07) is 0. The first-order chi connectivity index (χ1) is 18.5. The number of hydrogen-bond acceptors (Lipinski definition) is 4. The van der Waals surface area contributed by atoms with Crippen molar-refractivity contribution in [3.8, 4) is 0 Å². The van der Waals surface area contributed by atoms with Crippen LogP contribution in [0.4, 0.5) is 0 Å². The van der Waals surface area contributed by atoms with E-state index in [1.165, 1.54) is 70.6 Å². The van der Waals surface area contributed by atoms with Crippen molar-refractivity contribution in [3.05, 3.63) is 12.2 Å². The molecule has 0 spiro atoms. The van der Waals surface area contributed by atoms with Gasteiger partial charge in [-0.25, -0.2) is 0 Å². The molecule has 0 aliphatic rings. The summed E-state index contributed by atoms with van der Waals surface area (Å²) in [7, 11) is 0. The van der Waals surface area contributed by atoms with Crippen LogP contribution in [-0.4, -0.2) is 35.6 Å². The summed E-state index contributed by atoms with van der Waals surface area (Å²) in [4.78, 5) is 34.5. The number of carboxylic acids is 1. The number of nitrogens with one attached hydrogen (secondary N) is 1. The Labute approximate surface area is 233 Å². The Morgan fingerprint density at radius 2 is 1.18 bits per heavy atom. The molecule has 6 nitrogen and oxygen atoms in total. The molecule has 38 heavy (non-hydrogen) atoms. The third-order valence-electron chi connectivity index (χ3n) is 6.92. The molecule has 0 radical (unpaired) electrons. The zero-order chi connectivity index (χ0) is 28.1. The number of aliphatic carboxylic acids is 1. The number of rotatable bonds is 28. The van der Waals surface area contributed by atoms with Gasteiger partial charge in [0.15, 0.2) is 0 Å². The van der Waals surface area contributed by atoms with Crippen LogP contribution in [0.3, 0.4) is 0 Å². The van der Waals surface area contributed by atoms with Gasteiger partial charge in [0, 0.05) is 12.8 Å². The highest BCUT2D eigenvalue weighted by Crippen LogP contribution is 2.15. The Morgan fingerprint density at radius 1 is 0.684 bits per heavy atom. The highest BCUT2D eigenvalue weighted by molar-refractivity contribution is 5.80. The molecule has 0 saturated heterocycles. The van der Waals surface area contributed by atoms with Crippen molar-refractivity contribution in [1.29, 1.82) is 0 Å². The summed E-state index contributed by atoms with van der Waals surface area (Å²) in [5.41, 5.74) is 0. The maximum absolute atomic E-state index is 12.4. The molecule has 0 aromatic heterocycles. The number of allylic oxidation sites excluding steroid dienone is 1. The molecule has 1 atom stereocenters. The van der Waals surface area contributed by atoms with Crippen LogP contribution >= 0.6 is 0 Å². The predicted octanol–water partition coefficient (Wildman–Crippen LogP) is 8.67. The van der Waals surface area contributed by atoms with E-state index in [1.807, 2.05) is 0 Å². The zero-order valence-corrected chi connectivity index (χ0v) is 24.8. The van der Waals surface area contributed by atoms with Gasteiger partial charge in [0.1, 0.15) is 12.6 Å². The Bertz CT molecular complexity index is 605. The molecule has 222 valence electrons. The quantitative estimate of drug-likeness (QED) is 0.0591. The summed E-state index contributed by atoms with van der Waals surface area (Å²) in [5.74, 6) is -1.33. The highest BCUT2D eigenvalue weighted by atomic mass is 16.5. The normalized spacial score (nSPS) is 12.1. The van der Waals surface area contributed by atoms with Crippen LogP contribution in [0.5, 0.6) is 0 Å². The Hall–Kier alpha value is -1.85. The Balaban J connectivity index is 3.95. The molecule has 6 heteroatoms.